The van der Waals surface area contributed by atoms with Gasteiger partial charge in [0.1, 0.15) is 17.0 Å². The molecule has 1 fully saturated rings. The van der Waals surface area contributed by atoms with E-state index in [9.17, 15) is 13.6 Å². The lowest BCUT2D eigenvalue weighted by Crippen LogP contribution is -2.30. The van der Waals surface area contributed by atoms with Gasteiger partial charge in [0, 0.05) is 30.3 Å². The highest BCUT2D eigenvalue weighted by molar-refractivity contribution is 7.99. The molecule has 1 aromatic rings. The predicted octanol–water partition coefficient (Wildman–Crippen LogP) is 2.95. The van der Waals surface area contributed by atoms with Crippen LogP contribution in [0.2, 0.25) is 0 Å². The molecule has 0 aromatic heterocycles. The molecule has 1 aliphatic rings. The zero-order valence-electron chi connectivity index (χ0n) is 9.45. The average molecular weight is 257 g/mol. The molecule has 17 heavy (non-hydrogen) atoms. The first-order valence-electron chi connectivity index (χ1n) is 5.49. The van der Waals surface area contributed by atoms with Gasteiger partial charge in [-0.1, -0.05) is 13.0 Å². The van der Waals surface area contributed by atoms with Crippen molar-refractivity contribution in [2.24, 2.45) is 0 Å². The molecule has 2 nitrogen and oxygen atoms in total. The van der Waals surface area contributed by atoms with Gasteiger partial charge in [-0.3, -0.25) is 4.79 Å². The summed E-state index contributed by atoms with van der Waals surface area (Å²) in [5.41, 5.74) is 0.385. The highest BCUT2D eigenvalue weighted by Gasteiger charge is 2.31. The summed E-state index contributed by atoms with van der Waals surface area (Å²) in [4.78, 5) is 13.3. The average Bonchev–Trinajstić information content (AvgIpc) is 2.77. The van der Waals surface area contributed by atoms with Crippen molar-refractivity contribution in [3.05, 3.63) is 35.4 Å². The topological polar surface area (TPSA) is 20.3 Å². The van der Waals surface area contributed by atoms with E-state index in [1.165, 1.54) is 23.9 Å². The van der Waals surface area contributed by atoms with Crippen LogP contribution in [-0.4, -0.2) is 23.1 Å². The van der Waals surface area contributed by atoms with Crippen molar-refractivity contribution in [1.29, 1.82) is 0 Å². The second-order valence-electron chi connectivity index (χ2n) is 3.83. The van der Waals surface area contributed by atoms with Gasteiger partial charge in [-0.05, 0) is 6.07 Å². The van der Waals surface area contributed by atoms with E-state index in [-0.39, 0.29) is 11.3 Å². The van der Waals surface area contributed by atoms with Crippen LogP contribution in [0.3, 0.4) is 0 Å². The summed E-state index contributed by atoms with van der Waals surface area (Å²) in [6.07, 6.45) is 0.403. The van der Waals surface area contributed by atoms with Gasteiger partial charge < -0.3 is 4.90 Å². The molecule has 5 heteroatoms. The van der Waals surface area contributed by atoms with Crippen molar-refractivity contribution in [2.75, 3.05) is 12.3 Å². The maximum Gasteiger partial charge on any atom is 0.223 e. The molecule has 1 atom stereocenters. The van der Waals surface area contributed by atoms with Crippen molar-refractivity contribution in [3.8, 4) is 0 Å². The van der Waals surface area contributed by atoms with Crippen LogP contribution in [0.4, 0.5) is 8.78 Å². The van der Waals surface area contributed by atoms with Crippen molar-refractivity contribution in [2.45, 2.75) is 18.7 Å². The standard InChI is InChI=1S/C12H13F2NOS/c1-2-11(16)15-5-6-17-12(15)9-4-3-8(13)7-10(9)14/h3-4,7,12H,2,5-6H2,1H3/t12-/m0/s1. The lowest BCUT2D eigenvalue weighted by molar-refractivity contribution is -0.131. The largest absolute Gasteiger partial charge is 0.326 e. The summed E-state index contributed by atoms with van der Waals surface area (Å²) < 4.78 is 26.5. The minimum atomic E-state index is -0.595. The van der Waals surface area contributed by atoms with E-state index in [2.05, 4.69) is 0 Å². The molecular weight excluding hydrogens is 244 g/mol. The monoisotopic (exact) mass is 257 g/mol. The molecule has 0 bridgehead atoms. The maximum atomic E-state index is 13.7. The predicted molar refractivity (Wildman–Crippen MR) is 63.6 cm³/mol. The van der Waals surface area contributed by atoms with Gasteiger partial charge in [0.25, 0.3) is 0 Å². The molecule has 2 rings (SSSR count). The molecule has 1 aliphatic heterocycles. The molecule has 92 valence electrons. The Kier molecular flexibility index (Phi) is 3.66. The number of amides is 1. The summed E-state index contributed by atoms with van der Waals surface area (Å²) >= 11 is 1.51. The number of thioether (sulfide) groups is 1. The Bertz CT molecular complexity index is 439. The molecule has 1 aromatic carbocycles. The zero-order chi connectivity index (χ0) is 12.4. The fourth-order valence-electron chi connectivity index (χ4n) is 1.89. The Hall–Kier alpha value is -1.10. The first-order valence-corrected chi connectivity index (χ1v) is 6.54. The molecule has 0 saturated carbocycles. The number of halogens is 2. The van der Waals surface area contributed by atoms with E-state index in [0.717, 1.165) is 11.8 Å². The van der Waals surface area contributed by atoms with Crippen LogP contribution >= 0.6 is 11.8 Å². The van der Waals surface area contributed by atoms with Gasteiger partial charge in [0.15, 0.2) is 0 Å². The normalized spacial score (nSPS) is 19.7. The van der Waals surface area contributed by atoms with Crippen molar-refractivity contribution in [1.82, 2.24) is 4.90 Å². The molecular formula is C12H13F2NOS. The van der Waals surface area contributed by atoms with Gasteiger partial charge in [0.05, 0.1) is 0 Å². The van der Waals surface area contributed by atoms with E-state index in [4.69, 9.17) is 0 Å². The Balaban J connectivity index is 2.29. The van der Waals surface area contributed by atoms with Gasteiger partial charge in [-0.15, -0.1) is 11.8 Å². The quantitative estimate of drug-likeness (QED) is 0.812. The van der Waals surface area contributed by atoms with Crippen LogP contribution in [0.1, 0.15) is 24.3 Å². The van der Waals surface area contributed by atoms with E-state index >= 15 is 0 Å². The van der Waals surface area contributed by atoms with Gasteiger partial charge in [-0.2, -0.15) is 0 Å². The number of nitrogens with zero attached hydrogens (tertiary/aromatic N) is 1. The number of carbonyl (C=O) groups excluding carboxylic acids is 1. The van der Waals surface area contributed by atoms with E-state index < -0.39 is 11.6 Å². The molecule has 0 spiro atoms. The third kappa shape index (κ3) is 2.44. The lowest BCUT2D eigenvalue weighted by atomic mass is 10.2. The minimum Gasteiger partial charge on any atom is -0.326 e. The van der Waals surface area contributed by atoms with Crippen LogP contribution in [0, 0.1) is 11.6 Å². The second-order valence-corrected chi connectivity index (χ2v) is 5.02. The highest BCUT2D eigenvalue weighted by atomic mass is 32.2. The van der Waals surface area contributed by atoms with Crippen LogP contribution in [0.25, 0.3) is 0 Å². The van der Waals surface area contributed by atoms with Crippen LogP contribution in [-0.2, 0) is 4.79 Å². The van der Waals surface area contributed by atoms with Crippen molar-refractivity contribution >= 4 is 17.7 Å². The minimum absolute atomic E-state index is 0.00345. The van der Waals surface area contributed by atoms with Crippen molar-refractivity contribution in [3.63, 3.8) is 0 Å². The molecule has 1 amide bonds. The first kappa shape index (κ1) is 12.4. The molecule has 0 aliphatic carbocycles. The van der Waals surface area contributed by atoms with E-state index in [1.54, 1.807) is 11.8 Å². The summed E-state index contributed by atoms with van der Waals surface area (Å²) in [5, 5.41) is -0.317. The van der Waals surface area contributed by atoms with Crippen LogP contribution in [0.5, 0.6) is 0 Å². The molecule has 0 radical (unpaired) electrons. The summed E-state index contributed by atoms with van der Waals surface area (Å²) in [7, 11) is 0. The number of carbonyl (C=O) groups is 1. The van der Waals surface area contributed by atoms with Gasteiger partial charge >= 0.3 is 0 Å². The van der Waals surface area contributed by atoms with Gasteiger partial charge in [0.2, 0.25) is 5.91 Å². The molecule has 1 saturated heterocycles. The number of hydrogen-bond donors (Lipinski definition) is 0. The number of hydrogen-bond acceptors (Lipinski definition) is 2. The SMILES string of the molecule is CCC(=O)N1CCS[C@H]1c1ccc(F)cc1F. The molecule has 0 unspecified atom stereocenters. The van der Waals surface area contributed by atoms with Gasteiger partial charge in [-0.25, -0.2) is 8.78 Å². The molecule has 0 N–H and O–H groups in total. The molecule has 1 heterocycles. The third-order valence-electron chi connectivity index (χ3n) is 2.74. The second kappa shape index (κ2) is 5.04. The maximum absolute atomic E-state index is 13.7. The zero-order valence-corrected chi connectivity index (χ0v) is 10.3. The van der Waals surface area contributed by atoms with E-state index in [1.807, 2.05) is 0 Å². The Morgan fingerprint density at radius 2 is 2.29 bits per heavy atom. The Morgan fingerprint density at radius 3 is 2.94 bits per heavy atom. The summed E-state index contributed by atoms with van der Waals surface area (Å²) in [6.45, 7) is 2.40. The fraction of sp³-hybridized carbons (Fsp3) is 0.417. The van der Waals surface area contributed by atoms with Crippen LogP contribution in [0.15, 0.2) is 18.2 Å². The van der Waals surface area contributed by atoms with E-state index in [0.29, 0.717) is 18.5 Å². The Labute approximate surface area is 103 Å². The third-order valence-corrected chi connectivity index (χ3v) is 3.98. The van der Waals surface area contributed by atoms with Crippen LogP contribution < -0.4 is 0 Å². The van der Waals surface area contributed by atoms with Crippen molar-refractivity contribution < 1.29 is 13.6 Å². The smallest absolute Gasteiger partial charge is 0.223 e. The fourth-order valence-corrected chi connectivity index (χ4v) is 3.19. The number of rotatable bonds is 2. The summed E-state index contributed by atoms with van der Waals surface area (Å²) in [6, 6.07) is 3.51. The highest BCUT2D eigenvalue weighted by Crippen LogP contribution is 2.39. The summed E-state index contributed by atoms with van der Waals surface area (Å²) in [5.74, 6) is -0.391. The lowest BCUT2D eigenvalue weighted by Gasteiger charge is -2.24. The Morgan fingerprint density at radius 1 is 1.53 bits per heavy atom. The first-order chi connectivity index (χ1) is 8.13. The number of benzene rings is 1.